The first-order valence-electron chi connectivity index (χ1n) is 7.33. The predicted octanol–water partition coefficient (Wildman–Crippen LogP) is 2.18. The lowest BCUT2D eigenvalue weighted by Crippen LogP contribution is -2.61. The Morgan fingerprint density at radius 2 is 1.86 bits per heavy atom. The van der Waals surface area contributed by atoms with Gasteiger partial charge >= 0.3 is 0 Å². The highest BCUT2D eigenvalue weighted by molar-refractivity contribution is 5.95. The van der Waals surface area contributed by atoms with Gasteiger partial charge in [0.15, 0.2) is 0 Å². The Balaban J connectivity index is 2.20. The number of aryl methyl sites for hydroxylation is 2. The molecule has 4 nitrogen and oxygen atoms in total. The van der Waals surface area contributed by atoms with Crippen LogP contribution in [0.1, 0.15) is 37.5 Å². The first kappa shape index (κ1) is 15.5. The fraction of sp³-hybridized carbons (Fsp3) is 0.529. The Hall–Kier alpha value is -1.84. The van der Waals surface area contributed by atoms with E-state index in [4.69, 9.17) is 0 Å². The van der Waals surface area contributed by atoms with Crippen molar-refractivity contribution in [2.24, 2.45) is 5.41 Å². The van der Waals surface area contributed by atoms with Crippen LogP contribution in [0.2, 0.25) is 0 Å². The quantitative estimate of drug-likeness (QED) is 0.907. The second-order valence-electron chi connectivity index (χ2n) is 6.98. The van der Waals surface area contributed by atoms with Gasteiger partial charge in [-0.15, -0.1) is 0 Å². The molecule has 1 aromatic rings. The van der Waals surface area contributed by atoms with Crippen molar-refractivity contribution >= 4 is 11.8 Å². The van der Waals surface area contributed by atoms with Crippen LogP contribution in [0.3, 0.4) is 0 Å². The van der Waals surface area contributed by atoms with Crippen molar-refractivity contribution in [3.05, 3.63) is 34.9 Å². The molecule has 2 amide bonds. The number of nitrogens with zero attached hydrogens (tertiary/aromatic N) is 1. The van der Waals surface area contributed by atoms with Gasteiger partial charge in [0.25, 0.3) is 0 Å². The SMILES string of the molecule is Cc1ccc(CN2CC(=O)NC(C(C)(C)C)C2=O)cc1C. The standard InChI is InChI=1S/C17H24N2O2/c1-11-6-7-13(8-12(11)2)9-19-10-14(20)18-15(16(19)21)17(3,4)5/h6-8,15H,9-10H2,1-5H3,(H,18,20). The van der Waals surface area contributed by atoms with Gasteiger partial charge in [0.05, 0.1) is 6.54 Å². The van der Waals surface area contributed by atoms with Crippen LogP contribution in [0.5, 0.6) is 0 Å². The smallest absolute Gasteiger partial charge is 0.246 e. The van der Waals surface area contributed by atoms with Crippen LogP contribution in [0.25, 0.3) is 0 Å². The molecule has 0 spiro atoms. The van der Waals surface area contributed by atoms with Crippen LogP contribution < -0.4 is 5.32 Å². The Morgan fingerprint density at radius 1 is 1.19 bits per heavy atom. The van der Waals surface area contributed by atoms with E-state index in [1.54, 1.807) is 4.90 Å². The van der Waals surface area contributed by atoms with E-state index < -0.39 is 6.04 Å². The van der Waals surface area contributed by atoms with Gasteiger partial charge in [-0.3, -0.25) is 9.59 Å². The Bertz CT molecular complexity index is 573. The summed E-state index contributed by atoms with van der Waals surface area (Å²) in [7, 11) is 0. The molecular weight excluding hydrogens is 264 g/mol. The molecule has 0 saturated carbocycles. The average molecular weight is 288 g/mol. The van der Waals surface area contributed by atoms with Crippen molar-refractivity contribution in [3.8, 4) is 0 Å². The number of rotatable bonds is 2. The summed E-state index contributed by atoms with van der Waals surface area (Å²) in [5, 5.41) is 2.81. The van der Waals surface area contributed by atoms with E-state index in [-0.39, 0.29) is 23.8 Å². The first-order valence-corrected chi connectivity index (χ1v) is 7.33. The molecular formula is C17H24N2O2. The molecule has 1 fully saturated rings. The molecule has 1 N–H and O–H groups in total. The normalized spacial score (nSPS) is 19.7. The summed E-state index contributed by atoms with van der Waals surface area (Å²) in [4.78, 5) is 26.1. The van der Waals surface area contributed by atoms with Gasteiger partial charge in [0.2, 0.25) is 11.8 Å². The highest BCUT2D eigenvalue weighted by atomic mass is 16.2. The number of amides is 2. The fourth-order valence-electron chi connectivity index (χ4n) is 2.55. The number of carbonyl (C=O) groups excluding carboxylic acids is 2. The third-order valence-corrected chi connectivity index (χ3v) is 4.01. The summed E-state index contributed by atoms with van der Waals surface area (Å²) in [6.07, 6.45) is 0. The van der Waals surface area contributed by atoms with E-state index in [9.17, 15) is 9.59 Å². The second-order valence-corrected chi connectivity index (χ2v) is 6.98. The molecule has 1 aliphatic heterocycles. The van der Waals surface area contributed by atoms with Gasteiger partial charge in [-0.05, 0) is 36.0 Å². The molecule has 1 heterocycles. The minimum Gasteiger partial charge on any atom is -0.342 e. The van der Waals surface area contributed by atoms with Gasteiger partial charge in [0, 0.05) is 6.54 Å². The van der Waals surface area contributed by atoms with Crippen LogP contribution in [0.15, 0.2) is 18.2 Å². The lowest BCUT2D eigenvalue weighted by Gasteiger charge is -2.39. The van der Waals surface area contributed by atoms with Crippen molar-refractivity contribution in [3.63, 3.8) is 0 Å². The summed E-state index contributed by atoms with van der Waals surface area (Å²) in [5.41, 5.74) is 3.21. The fourth-order valence-corrected chi connectivity index (χ4v) is 2.55. The molecule has 1 saturated heterocycles. The lowest BCUT2D eigenvalue weighted by molar-refractivity contribution is -0.147. The minimum atomic E-state index is -0.453. The maximum Gasteiger partial charge on any atom is 0.246 e. The van der Waals surface area contributed by atoms with E-state index in [0.29, 0.717) is 6.54 Å². The van der Waals surface area contributed by atoms with E-state index in [2.05, 4.69) is 31.3 Å². The van der Waals surface area contributed by atoms with Gasteiger partial charge in [-0.2, -0.15) is 0 Å². The summed E-state index contributed by atoms with van der Waals surface area (Å²) < 4.78 is 0. The van der Waals surface area contributed by atoms with Crippen LogP contribution >= 0.6 is 0 Å². The molecule has 1 aromatic carbocycles. The Labute approximate surface area is 126 Å². The summed E-state index contributed by atoms with van der Waals surface area (Å²) >= 11 is 0. The van der Waals surface area contributed by atoms with E-state index in [1.807, 2.05) is 26.8 Å². The number of piperazine rings is 1. The zero-order chi connectivity index (χ0) is 15.8. The summed E-state index contributed by atoms with van der Waals surface area (Å²) in [6, 6.07) is 5.71. The summed E-state index contributed by atoms with van der Waals surface area (Å²) in [5.74, 6) is -0.0845. The molecule has 1 aliphatic rings. The lowest BCUT2D eigenvalue weighted by atomic mass is 9.84. The molecule has 21 heavy (non-hydrogen) atoms. The van der Waals surface area contributed by atoms with Crippen molar-refractivity contribution in [1.29, 1.82) is 0 Å². The van der Waals surface area contributed by atoms with Crippen LogP contribution in [0.4, 0.5) is 0 Å². The Kier molecular flexibility index (Phi) is 4.08. The largest absolute Gasteiger partial charge is 0.342 e. The van der Waals surface area contributed by atoms with Crippen molar-refractivity contribution in [2.45, 2.75) is 47.2 Å². The number of hydrogen-bond donors (Lipinski definition) is 1. The second kappa shape index (κ2) is 5.51. The zero-order valence-electron chi connectivity index (χ0n) is 13.5. The van der Waals surface area contributed by atoms with E-state index in [0.717, 1.165) is 5.56 Å². The molecule has 114 valence electrons. The van der Waals surface area contributed by atoms with Crippen LogP contribution in [-0.2, 0) is 16.1 Å². The zero-order valence-corrected chi connectivity index (χ0v) is 13.5. The van der Waals surface area contributed by atoms with Gasteiger partial charge in [-0.25, -0.2) is 0 Å². The molecule has 1 unspecified atom stereocenters. The molecule has 0 aliphatic carbocycles. The van der Waals surface area contributed by atoms with Crippen LogP contribution in [0, 0.1) is 19.3 Å². The number of carbonyl (C=O) groups is 2. The number of hydrogen-bond acceptors (Lipinski definition) is 2. The number of nitrogens with one attached hydrogen (secondary N) is 1. The van der Waals surface area contributed by atoms with Gasteiger partial charge in [0.1, 0.15) is 6.04 Å². The maximum atomic E-state index is 12.6. The highest BCUT2D eigenvalue weighted by Crippen LogP contribution is 2.24. The molecule has 0 bridgehead atoms. The summed E-state index contributed by atoms with van der Waals surface area (Å²) in [6.45, 7) is 10.6. The van der Waals surface area contributed by atoms with E-state index >= 15 is 0 Å². The monoisotopic (exact) mass is 288 g/mol. The van der Waals surface area contributed by atoms with Gasteiger partial charge in [-0.1, -0.05) is 39.0 Å². The van der Waals surface area contributed by atoms with Crippen molar-refractivity contribution in [2.75, 3.05) is 6.54 Å². The third kappa shape index (κ3) is 3.43. The van der Waals surface area contributed by atoms with Crippen LogP contribution in [-0.4, -0.2) is 29.3 Å². The molecule has 0 aromatic heterocycles. The molecule has 2 rings (SSSR count). The maximum absolute atomic E-state index is 12.6. The highest BCUT2D eigenvalue weighted by Gasteiger charge is 2.39. The first-order chi connectivity index (χ1) is 9.68. The molecule has 1 atom stereocenters. The van der Waals surface area contributed by atoms with Crippen molar-refractivity contribution < 1.29 is 9.59 Å². The third-order valence-electron chi connectivity index (χ3n) is 4.01. The topological polar surface area (TPSA) is 49.4 Å². The predicted molar refractivity (Wildman–Crippen MR) is 82.7 cm³/mol. The average Bonchev–Trinajstić information content (AvgIpc) is 2.36. The van der Waals surface area contributed by atoms with Crippen molar-refractivity contribution in [1.82, 2.24) is 10.2 Å². The molecule has 4 heteroatoms. The van der Waals surface area contributed by atoms with Gasteiger partial charge < -0.3 is 10.2 Å². The minimum absolute atomic E-state index is 0.000304. The number of benzene rings is 1. The van der Waals surface area contributed by atoms with E-state index in [1.165, 1.54) is 11.1 Å². The Morgan fingerprint density at radius 3 is 2.43 bits per heavy atom. The molecule has 0 radical (unpaired) electrons.